The quantitative estimate of drug-likeness (QED) is 0.617. The first kappa shape index (κ1) is 6.86. The highest BCUT2D eigenvalue weighted by molar-refractivity contribution is 5.70. The highest BCUT2D eigenvalue weighted by atomic mass is 15.0. The van der Waals surface area contributed by atoms with Crippen molar-refractivity contribution in [3.63, 3.8) is 0 Å². The van der Waals surface area contributed by atoms with Gasteiger partial charge in [0.15, 0.2) is 0 Å². The molecule has 1 aliphatic rings. The van der Waals surface area contributed by atoms with Gasteiger partial charge in [-0.15, -0.1) is 0 Å². The Labute approximate surface area is 70.4 Å². The van der Waals surface area contributed by atoms with E-state index in [1.165, 1.54) is 0 Å². The summed E-state index contributed by atoms with van der Waals surface area (Å²) in [6.07, 6.45) is 1.63. The van der Waals surface area contributed by atoms with Crippen LogP contribution < -0.4 is 5.32 Å². The molecule has 0 aromatic heterocycles. The summed E-state index contributed by atoms with van der Waals surface area (Å²) in [4.78, 5) is 4.11. The zero-order valence-electron chi connectivity index (χ0n) is 6.41. The van der Waals surface area contributed by atoms with E-state index in [9.17, 15) is 0 Å². The Hall–Kier alpha value is -1.82. The van der Waals surface area contributed by atoms with Gasteiger partial charge < -0.3 is 5.32 Å². The van der Waals surface area contributed by atoms with Crippen molar-refractivity contribution in [1.29, 1.82) is 5.26 Å². The molecule has 0 atom stereocenters. The molecule has 1 aromatic rings. The maximum absolute atomic E-state index is 8.75. The molecule has 58 valence electrons. The van der Waals surface area contributed by atoms with Gasteiger partial charge >= 0.3 is 0 Å². The number of rotatable bonds is 0. The number of aliphatic imine (C=N–C) groups is 1. The number of hydrogen-bond acceptors (Lipinski definition) is 3. The second kappa shape index (κ2) is 2.67. The standard InChI is InChI=1S/C9H7N3/c10-4-7-2-1-3-8-5-11-6-12-9(7)8/h1-3,6H,5H2,(H,11,12). The van der Waals surface area contributed by atoms with E-state index in [1.807, 2.05) is 12.1 Å². The first-order chi connectivity index (χ1) is 5.92. The molecule has 0 aliphatic carbocycles. The molecule has 12 heavy (non-hydrogen) atoms. The molecule has 1 aromatic carbocycles. The Kier molecular flexibility index (Phi) is 1.52. The normalized spacial score (nSPS) is 12.9. The summed E-state index contributed by atoms with van der Waals surface area (Å²) < 4.78 is 0. The van der Waals surface area contributed by atoms with Gasteiger partial charge in [-0.1, -0.05) is 12.1 Å². The average Bonchev–Trinajstić information content (AvgIpc) is 2.17. The monoisotopic (exact) mass is 157 g/mol. The molecule has 3 heteroatoms. The van der Waals surface area contributed by atoms with E-state index in [-0.39, 0.29) is 0 Å². The van der Waals surface area contributed by atoms with Crippen molar-refractivity contribution in [2.45, 2.75) is 6.54 Å². The van der Waals surface area contributed by atoms with Gasteiger partial charge in [0, 0.05) is 6.54 Å². The van der Waals surface area contributed by atoms with Crippen molar-refractivity contribution in [1.82, 2.24) is 5.32 Å². The minimum atomic E-state index is 0.644. The highest BCUT2D eigenvalue weighted by Crippen LogP contribution is 2.24. The van der Waals surface area contributed by atoms with Crippen molar-refractivity contribution in [3.05, 3.63) is 29.3 Å². The molecular weight excluding hydrogens is 150 g/mol. The molecule has 2 rings (SSSR count). The predicted octanol–water partition coefficient (Wildman–Crippen LogP) is 1.32. The van der Waals surface area contributed by atoms with Crippen molar-refractivity contribution < 1.29 is 0 Å². The lowest BCUT2D eigenvalue weighted by Gasteiger charge is -2.11. The van der Waals surface area contributed by atoms with Gasteiger partial charge in [-0.25, -0.2) is 4.99 Å². The first-order valence-corrected chi connectivity index (χ1v) is 3.70. The van der Waals surface area contributed by atoms with Crippen LogP contribution in [0.15, 0.2) is 23.2 Å². The van der Waals surface area contributed by atoms with Crippen LogP contribution in [0.25, 0.3) is 0 Å². The van der Waals surface area contributed by atoms with E-state index < -0.39 is 0 Å². The van der Waals surface area contributed by atoms with Gasteiger partial charge in [0.1, 0.15) is 6.07 Å². The lowest BCUT2D eigenvalue weighted by atomic mass is 10.1. The summed E-state index contributed by atoms with van der Waals surface area (Å²) in [7, 11) is 0. The fourth-order valence-electron chi connectivity index (χ4n) is 1.24. The molecule has 3 nitrogen and oxygen atoms in total. The molecule has 0 radical (unpaired) electrons. The third kappa shape index (κ3) is 0.940. The van der Waals surface area contributed by atoms with Crippen molar-refractivity contribution in [2.75, 3.05) is 0 Å². The maximum atomic E-state index is 8.75. The fraction of sp³-hybridized carbons (Fsp3) is 0.111. The van der Waals surface area contributed by atoms with Crippen LogP contribution in [0.5, 0.6) is 0 Å². The van der Waals surface area contributed by atoms with Crippen LogP contribution in [0, 0.1) is 11.3 Å². The Balaban J connectivity index is 2.64. The average molecular weight is 157 g/mol. The SMILES string of the molecule is N#Cc1cccc2c1N=CNC2. The van der Waals surface area contributed by atoms with Gasteiger partial charge in [-0.05, 0) is 11.6 Å². The fourth-order valence-corrected chi connectivity index (χ4v) is 1.24. The van der Waals surface area contributed by atoms with Crippen LogP contribution in [0.4, 0.5) is 5.69 Å². The molecule has 0 bridgehead atoms. The van der Waals surface area contributed by atoms with E-state index in [0.29, 0.717) is 5.56 Å². The summed E-state index contributed by atoms with van der Waals surface area (Å²) in [6.45, 7) is 0.758. The lowest BCUT2D eigenvalue weighted by molar-refractivity contribution is 0.912. The van der Waals surface area contributed by atoms with E-state index in [2.05, 4.69) is 16.4 Å². The molecule has 0 amide bonds. The van der Waals surface area contributed by atoms with E-state index in [0.717, 1.165) is 17.8 Å². The van der Waals surface area contributed by atoms with Crippen molar-refractivity contribution in [2.24, 2.45) is 4.99 Å². The van der Waals surface area contributed by atoms with E-state index >= 15 is 0 Å². The van der Waals surface area contributed by atoms with Crippen molar-refractivity contribution in [3.8, 4) is 6.07 Å². The summed E-state index contributed by atoms with van der Waals surface area (Å²) in [5, 5.41) is 11.7. The number of nitrogens with one attached hydrogen (secondary N) is 1. The van der Waals surface area contributed by atoms with Crippen LogP contribution in [0.1, 0.15) is 11.1 Å². The molecule has 0 fully saturated rings. The Bertz CT molecular complexity index is 374. The van der Waals surface area contributed by atoms with Gasteiger partial charge in [-0.2, -0.15) is 5.26 Å². The summed E-state index contributed by atoms with van der Waals surface area (Å²) >= 11 is 0. The second-order valence-electron chi connectivity index (χ2n) is 2.56. The number of nitriles is 1. The zero-order valence-corrected chi connectivity index (χ0v) is 6.41. The van der Waals surface area contributed by atoms with Crippen LogP contribution in [-0.2, 0) is 6.54 Å². The van der Waals surface area contributed by atoms with E-state index in [1.54, 1.807) is 12.4 Å². The lowest BCUT2D eigenvalue weighted by Crippen LogP contribution is -2.14. The van der Waals surface area contributed by atoms with Gasteiger partial charge in [0.05, 0.1) is 17.6 Å². The number of hydrogen-bond donors (Lipinski definition) is 1. The second-order valence-corrected chi connectivity index (χ2v) is 2.56. The molecular formula is C9H7N3. The minimum absolute atomic E-state index is 0.644. The zero-order chi connectivity index (χ0) is 8.39. The van der Waals surface area contributed by atoms with Crippen LogP contribution >= 0.6 is 0 Å². The number of nitrogens with zero attached hydrogens (tertiary/aromatic N) is 2. The molecule has 0 saturated heterocycles. The largest absolute Gasteiger partial charge is 0.372 e. The predicted molar refractivity (Wildman–Crippen MR) is 46.1 cm³/mol. The number of fused-ring (bicyclic) bond motifs is 1. The Morgan fingerprint density at radius 2 is 2.42 bits per heavy atom. The number of benzene rings is 1. The van der Waals surface area contributed by atoms with Gasteiger partial charge in [0.25, 0.3) is 0 Å². The molecule has 1 N–H and O–H groups in total. The van der Waals surface area contributed by atoms with Crippen LogP contribution in [-0.4, -0.2) is 6.34 Å². The van der Waals surface area contributed by atoms with Gasteiger partial charge in [0.2, 0.25) is 0 Å². The molecule has 0 saturated carbocycles. The Morgan fingerprint density at radius 3 is 3.25 bits per heavy atom. The maximum Gasteiger partial charge on any atom is 0.101 e. The summed E-state index contributed by atoms with van der Waals surface area (Å²) in [5.41, 5.74) is 2.53. The minimum Gasteiger partial charge on any atom is -0.372 e. The van der Waals surface area contributed by atoms with Crippen LogP contribution in [0.3, 0.4) is 0 Å². The Morgan fingerprint density at radius 1 is 1.50 bits per heavy atom. The summed E-state index contributed by atoms with van der Waals surface area (Å²) in [6, 6.07) is 7.74. The van der Waals surface area contributed by atoms with Crippen molar-refractivity contribution >= 4 is 12.0 Å². The molecule has 0 spiro atoms. The smallest absolute Gasteiger partial charge is 0.101 e. The van der Waals surface area contributed by atoms with Gasteiger partial charge in [-0.3, -0.25) is 0 Å². The van der Waals surface area contributed by atoms with Crippen LogP contribution in [0.2, 0.25) is 0 Å². The molecule has 0 unspecified atom stereocenters. The number of para-hydroxylation sites is 1. The topological polar surface area (TPSA) is 48.2 Å². The molecule has 1 aliphatic heterocycles. The third-order valence-corrected chi connectivity index (χ3v) is 1.82. The third-order valence-electron chi connectivity index (χ3n) is 1.82. The molecule has 1 heterocycles. The highest BCUT2D eigenvalue weighted by Gasteiger charge is 2.08. The van der Waals surface area contributed by atoms with E-state index in [4.69, 9.17) is 5.26 Å². The summed E-state index contributed by atoms with van der Waals surface area (Å²) in [5.74, 6) is 0. The first-order valence-electron chi connectivity index (χ1n) is 3.70.